The molecule has 0 amide bonds. The molecule has 2 aromatic heterocycles. The summed E-state index contributed by atoms with van der Waals surface area (Å²) in [5, 5.41) is 0. The lowest BCUT2D eigenvalue weighted by Crippen LogP contribution is -2.33. The number of ketones is 1. The average molecular weight is 333 g/mol. The van der Waals surface area contributed by atoms with Crippen molar-refractivity contribution in [1.29, 1.82) is 0 Å². The van der Waals surface area contributed by atoms with Crippen LogP contribution in [0.2, 0.25) is 0 Å². The summed E-state index contributed by atoms with van der Waals surface area (Å²) >= 11 is 0. The summed E-state index contributed by atoms with van der Waals surface area (Å²) in [6, 6.07) is 13.7. The van der Waals surface area contributed by atoms with Gasteiger partial charge >= 0.3 is 0 Å². The highest BCUT2D eigenvalue weighted by Gasteiger charge is 2.53. The number of benzene rings is 1. The highest BCUT2D eigenvalue weighted by atomic mass is 16.1. The first-order valence-electron chi connectivity index (χ1n) is 8.62. The van der Waals surface area contributed by atoms with Gasteiger partial charge in [0.1, 0.15) is 11.4 Å². The van der Waals surface area contributed by atoms with Crippen molar-refractivity contribution in [2.45, 2.75) is 6.04 Å². The first kappa shape index (κ1) is 14.7. The van der Waals surface area contributed by atoms with Gasteiger partial charge in [-0.25, -0.2) is 9.97 Å². The van der Waals surface area contributed by atoms with Gasteiger partial charge in [0.05, 0.1) is 17.6 Å². The molecular formula is C19H19N5O. The molecule has 3 N–H and O–H groups in total. The Hall–Kier alpha value is -2.57. The molecule has 2 fully saturated rings. The van der Waals surface area contributed by atoms with Crippen LogP contribution in [0.4, 0.5) is 0 Å². The van der Waals surface area contributed by atoms with Crippen LogP contribution in [0.1, 0.15) is 10.5 Å². The number of rotatable bonds is 4. The van der Waals surface area contributed by atoms with Gasteiger partial charge in [0.25, 0.3) is 0 Å². The van der Waals surface area contributed by atoms with E-state index in [1.54, 1.807) is 6.07 Å². The smallest absolute Gasteiger partial charge is 0.195 e. The third-order valence-electron chi connectivity index (χ3n) is 5.37. The fraction of sp³-hybridized carbons (Fsp3) is 0.316. The number of carbonyl (C=O) groups excluding carboxylic acids is 1. The summed E-state index contributed by atoms with van der Waals surface area (Å²) in [6.07, 6.45) is 0. The lowest BCUT2D eigenvalue weighted by atomic mass is 10.2. The Bertz CT molecular complexity index is 920. The molecule has 2 aliphatic rings. The van der Waals surface area contributed by atoms with Crippen LogP contribution in [-0.4, -0.2) is 51.3 Å². The Morgan fingerprint density at radius 3 is 2.72 bits per heavy atom. The van der Waals surface area contributed by atoms with Gasteiger partial charge in [-0.15, -0.1) is 0 Å². The minimum atomic E-state index is 0.0489. The van der Waals surface area contributed by atoms with E-state index >= 15 is 0 Å². The van der Waals surface area contributed by atoms with Crippen LogP contribution in [-0.2, 0) is 0 Å². The van der Waals surface area contributed by atoms with Crippen LogP contribution >= 0.6 is 0 Å². The van der Waals surface area contributed by atoms with Crippen molar-refractivity contribution in [1.82, 2.24) is 19.9 Å². The molecule has 1 saturated heterocycles. The van der Waals surface area contributed by atoms with Gasteiger partial charge in [-0.3, -0.25) is 9.69 Å². The maximum atomic E-state index is 12.6. The van der Waals surface area contributed by atoms with E-state index < -0.39 is 0 Å². The first-order valence-corrected chi connectivity index (χ1v) is 8.62. The third kappa shape index (κ3) is 2.54. The molecule has 126 valence electrons. The fourth-order valence-corrected chi connectivity index (χ4v) is 3.87. The third-order valence-corrected chi connectivity index (χ3v) is 5.37. The Morgan fingerprint density at radius 2 is 1.92 bits per heavy atom. The van der Waals surface area contributed by atoms with E-state index in [9.17, 15) is 4.79 Å². The van der Waals surface area contributed by atoms with Crippen LogP contribution < -0.4 is 5.73 Å². The van der Waals surface area contributed by atoms with Crippen LogP contribution in [0.5, 0.6) is 0 Å². The van der Waals surface area contributed by atoms with Gasteiger partial charge in [-0.05, 0) is 36.1 Å². The zero-order valence-electron chi connectivity index (χ0n) is 13.7. The van der Waals surface area contributed by atoms with E-state index in [1.165, 1.54) is 0 Å². The van der Waals surface area contributed by atoms with Crippen LogP contribution in [0.25, 0.3) is 22.6 Å². The number of imidazole rings is 1. The number of nitrogens with zero attached hydrogens (tertiary/aromatic N) is 3. The second kappa shape index (κ2) is 5.47. The minimum absolute atomic E-state index is 0.0489. The predicted molar refractivity (Wildman–Crippen MR) is 95.1 cm³/mol. The Kier molecular flexibility index (Phi) is 3.23. The number of carbonyl (C=O) groups is 1. The monoisotopic (exact) mass is 333 g/mol. The number of nitrogens with two attached hydrogens (primary N) is 1. The second-order valence-corrected chi connectivity index (χ2v) is 7.03. The summed E-state index contributed by atoms with van der Waals surface area (Å²) in [6.45, 7) is 2.28. The number of fused-ring (bicyclic) bond motifs is 2. The number of para-hydroxylation sites is 2. The molecule has 1 saturated carbocycles. The summed E-state index contributed by atoms with van der Waals surface area (Å²) in [5.41, 5.74) is 8.99. The number of aromatic nitrogens is 3. The van der Waals surface area contributed by atoms with Gasteiger partial charge in [0.2, 0.25) is 0 Å². The van der Waals surface area contributed by atoms with E-state index in [4.69, 9.17) is 5.73 Å². The van der Waals surface area contributed by atoms with E-state index in [0.29, 0.717) is 41.6 Å². The molecule has 2 atom stereocenters. The van der Waals surface area contributed by atoms with E-state index in [1.807, 2.05) is 36.4 Å². The molecule has 1 aromatic carbocycles. The lowest BCUT2D eigenvalue weighted by Gasteiger charge is -2.17. The lowest BCUT2D eigenvalue weighted by molar-refractivity contribution is 0.0933. The molecule has 0 bridgehead atoms. The maximum absolute atomic E-state index is 12.6. The molecule has 1 aliphatic carbocycles. The van der Waals surface area contributed by atoms with Crippen LogP contribution in [0, 0.1) is 11.8 Å². The quantitative estimate of drug-likeness (QED) is 0.710. The number of piperidine rings is 1. The largest absolute Gasteiger partial charge is 0.337 e. The summed E-state index contributed by atoms with van der Waals surface area (Å²) in [5.74, 6) is 1.90. The maximum Gasteiger partial charge on any atom is 0.195 e. The van der Waals surface area contributed by atoms with E-state index in [-0.39, 0.29) is 5.78 Å². The number of Topliss-reactive ketones (excluding diaryl/α,β-unsaturated/α-hetero) is 1. The average Bonchev–Trinajstić information content (AvgIpc) is 3.02. The Morgan fingerprint density at radius 1 is 1.12 bits per heavy atom. The van der Waals surface area contributed by atoms with Crippen LogP contribution in [0.3, 0.4) is 0 Å². The van der Waals surface area contributed by atoms with Crippen molar-refractivity contribution in [3.8, 4) is 11.5 Å². The number of likely N-dealkylation sites (tertiary alicyclic amines) is 1. The van der Waals surface area contributed by atoms with Crippen molar-refractivity contribution in [2.75, 3.05) is 19.6 Å². The summed E-state index contributed by atoms with van der Waals surface area (Å²) in [4.78, 5) is 27.1. The number of H-pyrrole nitrogens is 1. The molecule has 25 heavy (non-hydrogen) atoms. The van der Waals surface area contributed by atoms with Crippen molar-refractivity contribution in [2.24, 2.45) is 17.6 Å². The van der Waals surface area contributed by atoms with E-state index in [0.717, 1.165) is 24.1 Å². The number of pyridine rings is 1. The fourth-order valence-electron chi connectivity index (χ4n) is 3.87. The molecule has 2 unspecified atom stereocenters. The molecule has 0 radical (unpaired) electrons. The predicted octanol–water partition coefficient (Wildman–Crippen LogP) is 1.70. The topological polar surface area (TPSA) is 87.9 Å². The molecule has 6 nitrogen and oxygen atoms in total. The van der Waals surface area contributed by atoms with Gasteiger partial charge in [-0.1, -0.05) is 18.2 Å². The number of hydrogen-bond acceptors (Lipinski definition) is 5. The van der Waals surface area contributed by atoms with Gasteiger partial charge in [0, 0.05) is 19.1 Å². The highest BCUT2D eigenvalue weighted by molar-refractivity contribution is 5.96. The second-order valence-electron chi connectivity index (χ2n) is 7.03. The van der Waals surface area contributed by atoms with Gasteiger partial charge < -0.3 is 10.7 Å². The van der Waals surface area contributed by atoms with Crippen molar-refractivity contribution in [3.63, 3.8) is 0 Å². The SMILES string of the molecule is NC1C2CN(CC(=O)c3cccc(-c4nc5ccccc5[nH]4)n3)CC12. The molecule has 3 heterocycles. The van der Waals surface area contributed by atoms with Crippen molar-refractivity contribution >= 4 is 16.8 Å². The number of aromatic amines is 1. The van der Waals surface area contributed by atoms with Gasteiger partial charge in [0.15, 0.2) is 11.6 Å². The van der Waals surface area contributed by atoms with Crippen molar-refractivity contribution < 1.29 is 4.79 Å². The van der Waals surface area contributed by atoms with Gasteiger partial charge in [-0.2, -0.15) is 0 Å². The zero-order chi connectivity index (χ0) is 17.0. The normalized spacial score (nSPS) is 25.2. The standard InChI is InChI=1S/C19H19N5O/c20-18-11-8-24(9-12(11)18)10-17(25)15-6-3-7-16(21-15)19-22-13-4-1-2-5-14(13)23-19/h1-7,11-12,18H,8-10,20H2,(H,22,23). The summed E-state index contributed by atoms with van der Waals surface area (Å²) in [7, 11) is 0. The first-order chi connectivity index (χ1) is 12.2. The zero-order valence-corrected chi connectivity index (χ0v) is 13.7. The highest BCUT2D eigenvalue weighted by Crippen LogP contribution is 2.43. The molecule has 1 aliphatic heterocycles. The summed E-state index contributed by atoms with van der Waals surface area (Å²) < 4.78 is 0. The van der Waals surface area contributed by atoms with Crippen molar-refractivity contribution in [3.05, 3.63) is 48.2 Å². The molecule has 3 aromatic rings. The molecular weight excluding hydrogens is 314 g/mol. The Labute approximate surface area is 145 Å². The Balaban J connectivity index is 1.36. The molecule has 0 spiro atoms. The van der Waals surface area contributed by atoms with Crippen LogP contribution in [0.15, 0.2) is 42.5 Å². The number of nitrogens with one attached hydrogen (secondary N) is 1. The van der Waals surface area contributed by atoms with E-state index in [2.05, 4.69) is 19.9 Å². The molecule has 5 rings (SSSR count). The molecule has 6 heteroatoms. The minimum Gasteiger partial charge on any atom is -0.337 e. The number of hydrogen-bond donors (Lipinski definition) is 2.